The molecule has 2 aromatic carbocycles. The van der Waals surface area contributed by atoms with Crippen molar-refractivity contribution in [3.8, 4) is 5.75 Å². The maximum atomic E-state index is 12.9. The van der Waals surface area contributed by atoms with Crippen LogP contribution >= 0.6 is 0 Å². The van der Waals surface area contributed by atoms with Crippen LogP contribution in [0, 0.1) is 0 Å². The molecule has 3 rings (SSSR count). The summed E-state index contributed by atoms with van der Waals surface area (Å²) in [6.45, 7) is 0. The molecular formula is C21H24N2O5S. The quantitative estimate of drug-likeness (QED) is 0.575. The SMILES string of the molecule is CN(C1CCCCC1)S(=O)(=O)c1ccc(C(=O)Oc2cccc(C(N)=O)c2)cc1. The van der Waals surface area contributed by atoms with Crippen molar-refractivity contribution >= 4 is 21.9 Å². The maximum absolute atomic E-state index is 12.9. The van der Waals surface area contributed by atoms with Gasteiger partial charge < -0.3 is 10.5 Å². The van der Waals surface area contributed by atoms with Gasteiger partial charge in [0, 0.05) is 18.7 Å². The second-order valence-electron chi connectivity index (χ2n) is 7.12. The fourth-order valence-electron chi connectivity index (χ4n) is 3.45. The Hall–Kier alpha value is -2.71. The molecule has 0 heterocycles. The first-order valence-corrected chi connectivity index (χ1v) is 10.9. The molecule has 1 fully saturated rings. The summed E-state index contributed by atoms with van der Waals surface area (Å²) in [5, 5.41) is 0. The molecule has 1 aliphatic carbocycles. The number of hydrogen-bond donors (Lipinski definition) is 1. The van der Waals surface area contributed by atoms with E-state index in [4.69, 9.17) is 10.5 Å². The number of benzene rings is 2. The fraction of sp³-hybridized carbons (Fsp3) is 0.333. The summed E-state index contributed by atoms with van der Waals surface area (Å²) in [4.78, 5) is 23.7. The Balaban J connectivity index is 1.73. The van der Waals surface area contributed by atoms with Crippen LogP contribution in [0.1, 0.15) is 52.8 Å². The predicted octanol–water partition coefficient (Wildman–Crippen LogP) is 2.96. The zero-order valence-corrected chi connectivity index (χ0v) is 17.0. The molecule has 0 unspecified atom stereocenters. The van der Waals surface area contributed by atoms with Gasteiger partial charge in [-0.2, -0.15) is 4.31 Å². The highest BCUT2D eigenvalue weighted by atomic mass is 32.2. The molecule has 0 atom stereocenters. The van der Waals surface area contributed by atoms with Crippen LogP contribution in [-0.4, -0.2) is 37.7 Å². The lowest BCUT2D eigenvalue weighted by molar-refractivity contribution is 0.0733. The maximum Gasteiger partial charge on any atom is 0.343 e. The van der Waals surface area contributed by atoms with Crippen LogP contribution in [0.2, 0.25) is 0 Å². The molecule has 0 bridgehead atoms. The lowest BCUT2D eigenvalue weighted by Gasteiger charge is -2.30. The molecule has 0 spiro atoms. The van der Waals surface area contributed by atoms with Crippen molar-refractivity contribution in [1.82, 2.24) is 4.31 Å². The van der Waals surface area contributed by atoms with Crippen molar-refractivity contribution in [3.05, 3.63) is 59.7 Å². The Morgan fingerprint density at radius 2 is 1.66 bits per heavy atom. The van der Waals surface area contributed by atoms with Crippen LogP contribution in [-0.2, 0) is 10.0 Å². The van der Waals surface area contributed by atoms with Gasteiger partial charge in [0.05, 0.1) is 10.5 Å². The summed E-state index contributed by atoms with van der Waals surface area (Å²) in [5.74, 6) is -1.10. The molecule has 29 heavy (non-hydrogen) atoms. The molecule has 1 saturated carbocycles. The molecule has 0 aliphatic heterocycles. The predicted molar refractivity (Wildman–Crippen MR) is 108 cm³/mol. The van der Waals surface area contributed by atoms with Gasteiger partial charge in [0.2, 0.25) is 15.9 Å². The number of carbonyl (C=O) groups is 2. The van der Waals surface area contributed by atoms with Gasteiger partial charge in [-0.1, -0.05) is 25.3 Å². The monoisotopic (exact) mass is 416 g/mol. The van der Waals surface area contributed by atoms with E-state index in [1.807, 2.05) is 0 Å². The van der Waals surface area contributed by atoms with E-state index in [0.717, 1.165) is 32.1 Å². The molecule has 1 aliphatic rings. The molecule has 2 N–H and O–H groups in total. The van der Waals surface area contributed by atoms with Gasteiger partial charge in [-0.05, 0) is 55.3 Å². The molecule has 0 saturated heterocycles. The standard InChI is InChI=1S/C21H24N2O5S/c1-23(17-7-3-2-4-8-17)29(26,27)19-12-10-15(11-13-19)21(25)28-18-9-5-6-16(14-18)20(22)24/h5-6,9-14,17H,2-4,7-8H2,1H3,(H2,22,24). The summed E-state index contributed by atoms with van der Waals surface area (Å²) in [5.41, 5.74) is 5.65. The number of esters is 1. The van der Waals surface area contributed by atoms with E-state index in [1.165, 1.54) is 46.8 Å². The average molecular weight is 416 g/mol. The van der Waals surface area contributed by atoms with Gasteiger partial charge in [0.1, 0.15) is 5.75 Å². The first-order chi connectivity index (χ1) is 13.8. The lowest BCUT2D eigenvalue weighted by atomic mass is 9.96. The number of rotatable bonds is 6. The number of primary amides is 1. The third-order valence-electron chi connectivity index (χ3n) is 5.19. The summed E-state index contributed by atoms with van der Waals surface area (Å²) < 4.78 is 32.4. The van der Waals surface area contributed by atoms with Crippen molar-refractivity contribution in [1.29, 1.82) is 0 Å². The van der Waals surface area contributed by atoms with Crippen molar-refractivity contribution in [2.24, 2.45) is 5.73 Å². The van der Waals surface area contributed by atoms with E-state index in [2.05, 4.69) is 0 Å². The van der Waals surface area contributed by atoms with E-state index in [0.29, 0.717) is 0 Å². The van der Waals surface area contributed by atoms with Crippen LogP contribution in [0.25, 0.3) is 0 Å². The second kappa shape index (κ2) is 8.75. The number of nitrogens with two attached hydrogens (primary N) is 1. The number of ether oxygens (including phenoxy) is 1. The first kappa shape index (κ1) is 21.0. The van der Waals surface area contributed by atoms with Gasteiger partial charge in [-0.15, -0.1) is 0 Å². The van der Waals surface area contributed by atoms with Crippen LogP contribution in [0.4, 0.5) is 0 Å². The Morgan fingerprint density at radius 3 is 2.28 bits per heavy atom. The van der Waals surface area contributed by atoms with E-state index in [9.17, 15) is 18.0 Å². The highest BCUT2D eigenvalue weighted by Crippen LogP contribution is 2.26. The second-order valence-corrected chi connectivity index (χ2v) is 9.12. The zero-order chi connectivity index (χ0) is 21.0. The Labute approximate surface area is 170 Å². The first-order valence-electron chi connectivity index (χ1n) is 9.49. The number of hydrogen-bond acceptors (Lipinski definition) is 5. The minimum atomic E-state index is -3.63. The molecule has 0 radical (unpaired) electrons. The van der Waals surface area contributed by atoms with Gasteiger partial charge in [-0.25, -0.2) is 13.2 Å². The van der Waals surface area contributed by atoms with E-state index in [-0.39, 0.29) is 27.8 Å². The van der Waals surface area contributed by atoms with Gasteiger partial charge in [0.15, 0.2) is 0 Å². The van der Waals surface area contributed by atoms with Crippen LogP contribution in [0.5, 0.6) is 5.75 Å². The Morgan fingerprint density at radius 1 is 1.00 bits per heavy atom. The molecule has 7 nitrogen and oxygen atoms in total. The third kappa shape index (κ3) is 4.83. The number of nitrogens with zero attached hydrogens (tertiary/aromatic N) is 1. The van der Waals surface area contributed by atoms with Crippen molar-refractivity contribution in [3.63, 3.8) is 0 Å². The third-order valence-corrected chi connectivity index (χ3v) is 7.11. The van der Waals surface area contributed by atoms with Gasteiger partial charge >= 0.3 is 5.97 Å². The Bertz CT molecular complexity index is 996. The number of sulfonamides is 1. The minimum absolute atomic E-state index is 0.0101. The average Bonchev–Trinajstić information content (AvgIpc) is 2.74. The number of amides is 1. The van der Waals surface area contributed by atoms with Gasteiger partial charge in [0.25, 0.3) is 0 Å². The number of carbonyl (C=O) groups excluding carboxylic acids is 2. The summed E-state index contributed by atoms with van der Waals surface area (Å²) in [6.07, 6.45) is 4.94. The van der Waals surface area contributed by atoms with E-state index >= 15 is 0 Å². The topological polar surface area (TPSA) is 107 Å². The highest BCUT2D eigenvalue weighted by Gasteiger charge is 2.29. The molecule has 0 aromatic heterocycles. The van der Waals surface area contributed by atoms with Crippen molar-refractivity contribution in [2.75, 3.05) is 7.05 Å². The van der Waals surface area contributed by atoms with E-state index < -0.39 is 21.9 Å². The molecule has 8 heteroatoms. The fourth-order valence-corrected chi connectivity index (χ4v) is 4.86. The van der Waals surface area contributed by atoms with Crippen LogP contribution in [0.15, 0.2) is 53.4 Å². The highest BCUT2D eigenvalue weighted by molar-refractivity contribution is 7.89. The summed E-state index contributed by atoms with van der Waals surface area (Å²) >= 11 is 0. The normalized spacial score (nSPS) is 15.2. The van der Waals surface area contributed by atoms with E-state index in [1.54, 1.807) is 13.1 Å². The summed E-state index contributed by atoms with van der Waals surface area (Å²) in [6, 6.07) is 11.6. The molecular weight excluding hydrogens is 392 g/mol. The van der Waals surface area contributed by atoms with Crippen LogP contribution in [0.3, 0.4) is 0 Å². The van der Waals surface area contributed by atoms with Gasteiger partial charge in [-0.3, -0.25) is 4.79 Å². The summed E-state index contributed by atoms with van der Waals surface area (Å²) in [7, 11) is -2.01. The van der Waals surface area contributed by atoms with Crippen molar-refractivity contribution in [2.45, 2.75) is 43.0 Å². The zero-order valence-electron chi connectivity index (χ0n) is 16.2. The minimum Gasteiger partial charge on any atom is -0.423 e. The Kier molecular flexibility index (Phi) is 6.34. The molecule has 1 amide bonds. The smallest absolute Gasteiger partial charge is 0.343 e. The largest absolute Gasteiger partial charge is 0.423 e. The molecule has 154 valence electrons. The van der Waals surface area contributed by atoms with Crippen molar-refractivity contribution < 1.29 is 22.7 Å². The lowest BCUT2D eigenvalue weighted by Crippen LogP contribution is -2.38. The van der Waals surface area contributed by atoms with Crippen LogP contribution < -0.4 is 10.5 Å². The molecule has 2 aromatic rings.